The van der Waals surface area contributed by atoms with Crippen LogP contribution in [0.1, 0.15) is 64.7 Å². The van der Waals surface area contributed by atoms with Crippen LogP contribution in [-0.2, 0) is 47.0 Å². The molecule has 1 heterocycles. The van der Waals surface area contributed by atoms with Crippen molar-refractivity contribution in [2.75, 3.05) is 11.5 Å². The van der Waals surface area contributed by atoms with Crippen LogP contribution in [0.4, 0.5) is 26.3 Å². The fourth-order valence-corrected chi connectivity index (χ4v) is 4.83. The molecule has 0 amide bonds. The van der Waals surface area contributed by atoms with Crippen molar-refractivity contribution in [3.63, 3.8) is 0 Å². The smallest absolute Gasteiger partial charge is 0.286 e. The molecular formula is C22H38F6NO12S4+. The summed E-state index contributed by atoms with van der Waals surface area (Å²) in [6.07, 6.45) is 13.0. The second-order valence-electron chi connectivity index (χ2n) is 9.68. The zero-order chi connectivity index (χ0) is 35.8. The van der Waals surface area contributed by atoms with Gasteiger partial charge in [0.05, 0.1) is 11.5 Å². The molecule has 0 aliphatic heterocycles. The Hall–Kier alpha value is -1.63. The zero-order valence-electron chi connectivity index (χ0n) is 23.9. The molecule has 1 saturated carbocycles. The van der Waals surface area contributed by atoms with E-state index in [-0.39, 0.29) is 11.5 Å². The van der Waals surface area contributed by atoms with Gasteiger partial charge in [0.1, 0.15) is 6.54 Å². The number of aromatic nitrogens is 1. The van der Waals surface area contributed by atoms with Crippen molar-refractivity contribution in [3.8, 4) is 0 Å². The van der Waals surface area contributed by atoms with Crippen LogP contribution >= 0.6 is 0 Å². The SMILES string of the molecule is CCC1CCC(CCCCS(=O)(=O)O)C1.O=S(=O)(O)C(F)(F)F.O=S(=O)(O)C(F)(F)F.O=S(=O)(O)CCCC[n+]1ccccc1. The topological polar surface area (TPSA) is 221 Å². The lowest BCUT2D eigenvalue weighted by atomic mass is 9.98. The molecule has 2 rings (SSSR count). The fraction of sp³-hybridized carbons (Fsp3) is 0.773. The Labute approximate surface area is 259 Å². The first-order valence-corrected chi connectivity index (χ1v) is 19.1. The molecule has 1 aromatic heterocycles. The van der Waals surface area contributed by atoms with E-state index in [0.29, 0.717) is 12.8 Å². The summed E-state index contributed by atoms with van der Waals surface area (Å²) >= 11 is 0. The largest absolute Gasteiger partial charge is 0.522 e. The van der Waals surface area contributed by atoms with Gasteiger partial charge in [-0.1, -0.05) is 45.1 Å². The van der Waals surface area contributed by atoms with E-state index in [1.165, 1.54) is 25.7 Å². The summed E-state index contributed by atoms with van der Waals surface area (Å²) in [4.78, 5) is 0. The highest BCUT2D eigenvalue weighted by Gasteiger charge is 2.45. The molecule has 1 aliphatic rings. The molecule has 1 aliphatic carbocycles. The van der Waals surface area contributed by atoms with Gasteiger partial charge in [-0.2, -0.15) is 60.0 Å². The number of alkyl halides is 6. The first kappa shape index (κ1) is 45.5. The average molecular weight is 751 g/mol. The highest BCUT2D eigenvalue weighted by molar-refractivity contribution is 7.87. The van der Waals surface area contributed by atoms with Gasteiger partial charge >= 0.3 is 31.3 Å². The zero-order valence-corrected chi connectivity index (χ0v) is 27.2. The molecule has 0 bridgehead atoms. The fourth-order valence-electron chi connectivity index (χ4n) is 3.69. The molecule has 1 fully saturated rings. The molecule has 4 N–H and O–H groups in total. The Kier molecular flexibility index (Phi) is 20.1. The number of halogens is 6. The number of hydrogen-bond acceptors (Lipinski definition) is 8. The third kappa shape index (κ3) is 26.2. The molecule has 268 valence electrons. The Morgan fingerprint density at radius 2 is 1.02 bits per heavy atom. The lowest BCUT2D eigenvalue weighted by molar-refractivity contribution is -0.697. The van der Waals surface area contributed by atoms with Gasteiger partial charge < -0.3 is 0 Å². The standard InChI is InChI=1S/C11H22O3S.C9H13NO3S.2CHF3O3S/c1-2-10-6-7-11(9-10)5-3-4-8-15(12,13)14;11-14(12,13)9-5-4-8-10-6-2-1-3-7-10;2*2-1(3,4)8(5,6)7/h10-11H,2-9H2,1H3,(H,12,13,14);1-3,6-7H,4-5,8-9H2;2*(H,5,6,7)/p+1. The summed E-state index contributed by atoms with van der Waals surface area (Å²) < 4.78 is 176. The van der Waals surface area contributed by atoms with E-state index in [2.05, 4.69) is 6.92 Å². The minimum absolute atomic E-state index is 0.0725. The van der Waals surface area contributed by atoms with Crippen molar-refractivity contribution in [2.24, 2.45) is 11.8 Å². The number of rotatable bonds is 11. The van der Waals surface area contributed by atoms with E-state index in [1.54, 1.807) is 0 Å². The van der Waals surface area contributed by atoms with Gasteiger partial charge in [0.2, 0.25) is 0 Å². The third-order valence-electron chi connectivity index (χ3n) is 5.92. The van der Waals surface area contributed by atoms with Crippen molar-refractivity contribution in [1.82, 2.24) is 0 Å². The number of unbranched alkanes of at least 4 members (excludes halogenated alkanes) is 2. The van der Waals surface area contributed by atoms with Crippen molar-refractivity contribution < 1.29 is 82.8 Å². The average Bonchev–Trinajstić information content (AvgIpc) is 3.31. The van der Waals surface area contributed by atoms with Gasteiger partial charge in [-0.15, -0.1) is 0 Å². The molecular weight excluding hydrogens is 712 g/mol. The highest BCUT2D eigenvalue weighted by Crippen LogP contribution is 2.35. The predicted molar refractivity (Wildman–Crippen MR) is 149 cm³/mol. The van der Waals surface area contributed by atoms with E-state index in [4.69, 9.17) is 35.0 Å². The normalized spacial score (nSPS) is 17.6. The minimum Gasteiger partial charge on any atom is -0.286 e. The minimum atomic E-state index is -5.84. The van der Waals surface area contributed by atoms with E-state index in [0.717, 1.165) is 37.6 Å². The molecule has 1 aromatic rings. The summed E-state index contributed by atoms with van der Waals surface area (Å²) in [6.45, 7) is 3.02. The van der Waals surface area contributed by atoms with Gasteiger partial charge in [0, 0.05) is 18.6 Å². The summed E-state index contributed by atoms with van der Waals surface area (Å²) in [5.74, 6) is 1.48. The van der Waals surface area contributed by atoms with E-state index in [9.17, 15) is 43.2 Å². The molecule has 23 heteroatoms. The van der Waals surface area contributed by atoms with Gasteiger partial charge in [0.25, 0.3) is 20.2 Å². The second kappa shape index (κ2) is 19.9. The quantitative estimate of drug-likeness (QED) is 0.0818. The lowest BCUT2D eigenvalue weighted by Crippen LogP contribution is -2.32. The maximum atomic E-state index is 10.7. The van der Waals surface area contributed by atoms with Gasteiger partial charge in [-0.3, -0.25) is 18.2 Å². The van der Waals surface area contributed by atoms with Crippen LogP contribution in [0.15, 0.2) is 30.6 Å². The molecule has 2 unspecified atom stereocenters. The van der Waals surface area contributed by atoms with Crippen LogP contribution in [-0.4, -0.2) is 74.4 Å². The van der Waals surface area contributed by atoms with Gasteiger partial charge in [-0.25, -0.2) is 4.57 Å². The Bertz CT molecular complexity index is 1360. The number of aryl methyl sites for hydroxylation is 1. The van der Waals surface area contributed by atoms with Crippen LogP contribution in [0.3, 0.4) is 0 Å². The first-order valence-electron chi connectivity index (χ1n) is 13.0. The van der Waals surface area contributed by atoms with Crippen LogP contribution in [0.2, 0.25) is 0 Å². The van der Waals surface area contributed by atoms with Crippen LogP contribution in [0, 0.1) is 11.8 Å². The van der Waals surface area contributed by atoms with Gasteiger partial charge in [-0.05, 0) is 31.1 Å². The summed E-state index contributed by atoms with van der Waals surface area (Å²) in [5, 5.41) is 0. The molecule has 13 nitrogen and oxygen atoms in total. The first-order chi connectivity index (χ1) is 20.1. The summed E-state index contributed by atoms with van der Waals surface area (Å²) in [6, 6.07) is 5.76. The van der Waals surface area contributed by atoms with Crippen molar-refractivity contribution in [3.05, 3.63) is 30.6 Å². The van der Waals surface area contributed by atoms with E-state index in [1.807, 2.05) is 35.2 Å². The third-order valence-corrected chi connectivity index (χ3v) is 8.70. The number of nitrogens with zero attached hydrogens (tertiary/aromatic N) is 1. The molecule has 0 aromatic carbocycles. The Morgan fingerprint density at radius 1 is 0.644 bits per heavy atom. The summed E-state index contributed by atoms with van der Waals surface area (Å²) in [5.41, 5.74) is -11.1. The molecule has 2 atom stereocenters. The molecule has 0 saturated heterocycles. The van der Waals surface area contributed by atoms with Crippen molar-refractivity contribution >= 4 is 40.5 Å². The summed E-state index contributed by atoms with van der Waals surface area (Å²) in [7, 11) is -19.2. The van der Waals surface area contributed by atoms with E-state index >= 15 is 0 Å². The number of hydrogen-bond donors (Lipinski definition) is 4. The molecule has 45 heavy (non-hydrogen) atoms. The van der Waals surface area contributed by atoms with E-state index < -0.39 is 51.5 Å². The lowest BCUT2D eigenvalue weighted by Gasteiger charge is -2.09. The van der Waals surface area contributed by atoms with Gasteiger partial charge in [0.15, 0.2) is 12.4 Å². The molecule has 0 spiro atoms. The van der Waals surface area contributed by atoms with Crippen molar-refractivity contribution in [2.45, 2.75) is 82.3 Å². The molecule has 0 radical (unpaired) electrons. The van der Waals surface area contributed by atoms with Crippen molar-refractivity contribution in [1.29, 1.82) is 0 Å². The van der Waals surface area contributed by atoms with Crippen LogP contribution < -0.4 is 4.57 Å². The Balaban J connectivity index is 0. The Morgan fingerprint density at radius 3 is 1.36 bits per heavy atom. The maximum Gasteiger partial charge on any atom is 0.522 e. The second-order valence-corrected chi connectivity index (χ2v) is 15.7. The number of pyridine rings is 1. The van der Waals surface area contributed by atoms with Crippen LogP contribution in [0.25, 0.3) is 0 Å². The monoisotopic (exact) mass is 750 g/mol. The predicted octanol–water partition coefficient (Wildman–Crippen LogP) is 4.30. The maximum absolute atomic E-state index is 10.7. The highest BCUT2D eigenvalue weighted by atomic mass is 32.2. The van der Waals surface area contributed by atoms with Crippen LogP contribution in [0.5, 0.6) is 0 Å².